The van der Waals surface area contributed by atoms with Crippen molar-refractivity contribution in [3.63, 3.8) is 0 Å². The number of aromatic nitrogens is 1. The first kappa shape index (κ1) is 13.3. The van der Waals surface area contributed by atoms with Crippen molar-refractivity contribution >= 4 is 27.4 Å². The van der Waals surface area contributed by atoms with Crippen LogP contribution in [0.25, 0.3) is 6.08 Å². The number of aliphatic hydroxyl groups excluding tert-OH is 1. The van der Waals surface area contributed by atoms with Gasteiger partial charge in [0.05, 0.1) is 11.8 Å². The number of aryl methyl sites for hydroxylation is 1. The van der Waals surface area contributed by atoms with E-state index in [4.69, 9.17) is 10.2 Å². The van der Waals surface area contributed by atoms with Crippen molar-refractivity contribution in [3.05, 3.63) is 16.6 Å². The van der Waals surface area contributed by atoms with Gasteiger partial charge in [-0.1, -0.05) is 13.0 Å². The molecule has 0 bridgehead atoms. The molecular formula is C9H14N2O3S2. The van der Waals surface area contributed by atoms with Crippen LogP contribution in [0.3, 0.4) is 0 Å². The van der Waals surface area contributed by atoms with E-state index < -0.39 is 16.1 Å². The maximum Gasteiger partial charge on any atom is 0.265 e. The third-order valence-electron chi connectivity index (χ3n) is 1.81. The first-order valence-corrected chi connectivity index (χ1v) is 7.09. The van der Waals surface area contributed by atoms with Gasteiger partial charge in [0.15, 0.2) is 0 Å². The Hall–Kier alpha value is -0.760. The lowest BCUT2D eigenvalue weighted by atomic mass is 10.2. The SMILES string of the molecule is CCc1sc(S(N)(=O)=O)nc1/C=C\[C@@H](C)O. The minimum absolute atomic E-state index is 0.0883. The summed E-state index contributed by atoms with van der Waals surface area (Å²) in [7, 11) is -3.74. The summed E-state index contributed by atoms with van der Waals surface area (Å²) in [5, 5.41) is 14.1. The Morgan fingerprint density at radius 3 is 2.69 bits per heavy atom. The number of rotatable bonds is 4. The molecule has 16 heavy (non-hydrogen) atoms. The quantitative estimate of drug-likeness (QED) is 0.837. The molecule has 1 heterocycles. The number of aliphatic hydroxyl groups is 1. The molecule has 7 heteroatoms. The fourth-order valence-corrected chi connectivity index (χ4v) is 2.79. The van der Waals surface area contributed by atoms with Crippen molar-refractivity contribution in [2.45, 2.75) is 30.7 Å². The first-order chi connectivity index (χ1) is 7.34. The van der Waals surface area contributed by atoms with Crippen molar-refractivity contribution in [2.75, 3.05) is 0 Å². The Morgan fingerprint density at radius 2 is 2.25 bits per heavy atom. The van der Waals surface area contributed by atoms with Crippen molar-refractivity contribution in [3.8, 4) is 0 Å². The van der Waals surface area contributed by atoms with E-state index in [1.54, 1.807) is 19.1 Å². The number of thiazole rings is 1. The van der Waals surface area contributed by atoms with Crippen LogP contribution < -0.4 is 5.14 Å². The highest BCUT2D eigenvalue weighted by Crippen LogP contribution is 2.23. The highest BCUT2D eigenvalue weighted by atomic mass is 32.2. The number of primary sulfonamides is 1. The van der Waals surface area contributed by atoms with Gasteiger partial charge >= 0.3 is 0 Å². The maximum atomic E-state index is 11.1. The molecule has 0 fully saturated rings. The average molecular weight is 262 g/mol. The summed E-state index contributed by atoms with van der Waals surface area (Å²) < 4.78 is 22.1. The van der Waals surface area contributed by atoms with Crippen molar-refractivity contribution in [1.29, 1.82) is 0 Å². The zero-order valence-electron chi connectivity index (χ0n) is 9.04. The van der Waals surface area contributed by atoms with Crippen LogP contribution >= 0.6 is 11.3 Å². The lowest BCUT2D eigenvalue weighted by Gasteiger charge is -1.93. The number of hydrogen-bond donors (Lipinski definition) is 2. The van der Waals surface area contributed by atoms with Gasteiger partial charge in [-0.15, -0.1) is 11.3 Å². The normalized spacial score (nSPS) is 14.5. The van der Waals surface area contributed by atoms with Crippen molar-refractivity contribution in [2.24, 2.45) is 5.14 Å². The van der Waals surface area contributed by atoms with E-state index >= 15 is 0 Å². The fourth-order valence-electron chi connectivity index (χ4n) is 1.08. The third-order valence-corrected chi connectivity index (χ3v) is 4.34. The predicted octanol–water partition coefficient (Wildman–Crippen LogP) is 0.747. The van der Waals surface area contributed by atoms with E-state index in [2.05, 4.69) is 4.98 Å². The summed E-state index contributed by atoms with van der Waals surface area (Å²) in [5.74, 6) is 0. The molecule has 0 aliphatic heterocycles. The number of hydrogen-bond acceptors (Lipinski definition) is 5. The molecule has 90 valence electrons. The number of sulfonamides is 1. The fraction of sp³-hybridized carbons (Fsp3) is 0.444. The second-order valence-corrected chi connectivity index (χ2v) is 6.11. The Bertz CT molecular complexity index is 489. The van der Waals surface area contributed by atoms with E-state index in [0.29, 0.717) is 12.1 Å². The van der Waals surface area contributed by atoms with Gasteiger partial charge in [-0.3, -0.25) is 0 Å². The zero-order chi connectivity index (χ0) is 12.3. The summed E-state index contributed by atoms with van der Waals surface area (Å²) in [6.45, 7) is 3.51. The topological polar surface area (TPSA) is 93.3 Å². The van der Waals surface area contributed by atoms with E-state index in [1.165, 1.54) is 0 Å². The molecule has 3 N–H and O–H groups in total. The van der Waals surface area contributed by atoms with Gasteiger partial charge in [0, 0.05) is 4.88 Å². The molecule has 1 rings (SSSR count). The second-order valence-electron chi connectivity index (χ2n) is 3.29. The smallest absolute Gasteiger partial charge is 0.265 e. The molecule has 0 radical (unpaired) electrons. The molecule has 0 aliphatic carbocycles. The largest absolute Gasteiger partial charge is 0.389 e. The van der Waals surface area contributed by atoms with Crippen molar-refractivity contribution in [1.82, 2.24) is 4.98 Å². The highest BCUT2D eigenvalue weighted by molar-refractivity contribution is 7.91. The number of nitrogens with two attached hydrogens (primary N) is 1. The molecule has 0 aromatic carbocycles. The van der Waals surface area contributed by atoms with Crippen LogP contribution in [0.5, 0.6) is 0 Å². The molecule has 0 amide bonds. The highest BCUT2D eigenvalue weighted by Gasteiger charge is 2.16. The van der Waals surface area contributed by atoms with Gasteiger partial charge in [-0.25, -0.2) is 18.5 Å². The zero-order valence-corrected chi connectivity index (χ0v) is 10.7. The van der Waals surface area contributed by atoms with E-state index in [-0.39, 0.29) is 4.34 Å². The van der Waals surface area contributed by atoms with Gasteiger partial charge in [0.25, 0.3) is 10.0 Å². The minimum Gasteiger partial charge on any atom is -0.389 e. The Morgan fingerprint density at radius 1 is 1.62 bits per heavy atom. The summed E-state index contributed by atoms with van der Waals surface area (Å²) in [6, 6.07) is 0. The first-order valence-electron chi connectivity index (χ1n) is 4.73. The molecule has 0 aliphatic rings. The minimum atomic E-state index is -3.74. The molecule has 0 unspecified atom stereocenters. The summed E-state index contributed by atoms with van der Waals surface area (Å²) in [6.07, 6.45) is 3.23. The molecule has 5 nitrogen and oxygen atoms in total. The maximum absolute atomic E-state index is 11.1. The predicted molar refractivity (Wildman–Crippen MR) is 63.6 cm³/mol. The molecule has 1 atom stereocenters. The van der Waals surface area contributed by atoms with Crippen LogP contribution in [0, 0.1) is 0 Å². The Labute approximate surface area is 98.7 Å². The lowest BCUT2D eigenvalue weighted by molar-refractivity contribution is 0.245. The lowest BCUT2D eigenvalue weighted by Crippen LogP contribution is -2.11. The van der Waals surface area contributed by atoms with E-state index in [0.717, 1.165) is 16.2 Å². The van der Waals surface area contributed by atoms with Crippen LogP contribution in [-0.2, 0) is 16.4 Å². The summed E-state index contributed by atoms with van der Waals surface area (Å²) in [5.41, 5.74) is 0.553. The Balaban J connectivity index is 3.15. The van der Waals surface area contributed by atoms with Gasteiger partial charge < -0.3 is 5.11 Å². The standard InChI is InChI=1S/C9H14N2O3S2/c1-3-8-7(5-4-6(2)12)11-9(15-8)16(10,13)14/h4-6,12H,3H2,1-2H3,(H2,10,13,14)/b5-4-/t6-/m1/s1. The molecular weight excluding hydrogens is 248 g/mol. The summed E-state index contributed by atoms with van der Waals surface area (Å²) >= 11 is 1.06. The van der Waals surface area contributed by atoms with Gasteiger partial charge in [-0.05, 0) is 19.4 Å². The molecule has 1 aromatic rings. The Kier molecular flexibility index (Phi) is 4.20. The van der Waals surface area contributed by atoms with Gasteiger partial charge in [0.2, 0.25) is 4.34 Å². The summed E-state index contributed by atoms with van der Waals surface area (Å²) in [4.78, 5) is 4.77. The van der Waals surface area contributed by atoms with E-state index in [1.807, 2.05) is 6.92 Å². The molecule has 0 saturated carbocycles. The molecule has 1 aromatic heterocycles. The van der Waals surface area contributed by atoms with Crippen LogP contribution in [0.2, 0.25) is 0 Å². The van der Waals surface area contributed by atoms with Crippen LogP contribution in [0.1, 0.15) is 24.4 Å². The van der Waals surface area contributed by atoms with Gasteiger partial charge in [-0.2, -0.15) is 0 Å². The van der Waals surface area contributed by atoms with Crippen LogP contribution in [-0.4, -0.2) is 24.6 Å². The molecule has 0 saturated heterocycles. The van der Waals surface area contributed by atoms with Gasteiger partial charge in [0.1, 0.15) is 0 Å². The third kappa shape index (κ3) is 3.38. The van der Waals surface area contributed by atoms with Crippen molar-refractivity contribution < 1.29 is 13.5 Å². The monoisotopic (exact) mass is 262 g/mol. The molecule has 0 spiro atoms. The van der Waals surface area contributed by atoms with Crippen LogP contribution in [0.15, 0.2) is 10.4 Å². The van der Waals surface area contributed by atoms with Crippen LogP contribution in [0.4, 0.5) is 0 Å². The second kappa shape index (κ2) is 5.05. The number of nitrogens with zero attached hydrogens (tertiary/aromatic N) is 1. The van der Waals surface area contributed by atoms with E-state index in [9.17, 15) is 8.42 Å². The average Bonchev–Trinajstić information content (AvgIpc) is 2.56.